The van der Waals surface area contributed by atoms with E-state index in [1.165, 1.54) is 37.1 Å². The van der Waals surface area contributed by atoms with Crippen molar-refractivity contribution in [1.29, 1.82) is 0 Å². The van der Waals surface area contributed by atoms with Gasteiger partial charge in [-0.15, -0.1) is 0 Å². The van der Waals surface area contributed by atoms with Crippen molar-refractivity contribution in [2.24, 2.45) is 5.92 Å². The first-order valence-corrected chi connectivity index (χ1v) is 14.1. The second-order valence-electron chi connectivity index (χ2n) is 10.3. The molecule has 0 spiro atoms. The molecule has 3 aliphatic rings. The van der Waals surface area contributed by atoms with E-state index < -0.39 is 16.3 Å². The first kappa shape index (κ1) is 23.9. The molecule has 2 aromatic rings. The largest absolute Gasteiger partial charge is 0.312 e. The zero-order chi connectivity index (χ0) is 23.5. The SMILES string of the molecule is Cc1ccc(S(=O)(=O)OC2CNCCN2CC2CC(c3ccc(CN4CCCC4)cc3)C2)cc1. The topological polar surface area (TPSA) is 61.9 Å². The third kappa shape index (κ3) is 5.71. The van der Waals surface area contributed by atoms with Crippen molar-refractivity contribution in [2.75, 3.05) is 39.3 Å². The third-order valence-corrected chi connectivity index (χ3v) is 8.96. The van der Waals surface area contributed by atoms with Crippen molar-refractivity contribution >= 4 is 10.1 Å². The summed E-state index contributed by atoms with van der Waals surface area (Å²) in [6, 6.07) is 16.1. The lowest BCUT2D eigenvalue weighted by molar-refractivity contribution is -0.00882. The van der Waals surface area contributed by atoms with Crippen LogP contribution >= 0.6 is 0 Å². The normalized spacial score (nSPS) is 26.4. The fourth-order valence-corrected chi connectivity index (χ4v) is 6.58. The lowest BCUT2D eigenvalue weighted by Gasteiger charge is -2.42. The highest BCUT2D eigenvalue weighted by Crippen LogP contribution is 2.42. The van der Waals surface area contributed by atoms with Gasteiger partial charge >= 0.3 is 0 Å². The highest BCUT2D eigenvalue weighted by atomic mass is 32.2. The molecule has 0 aromatic heterocycles. The number of aryl methyl sites for hydroxylation is 1. The summed E-state index contributed by atoms with van der Waals surface area (Å²) < 4.78 is 31.3. The van der Waals surface area contributed by atoms with Crippen molar-refractivity contribution in [3.8, 4) is 0 Å². The van der Waals surface area contributed by atoms with Gasteiger partial charge < -0.3 is 5.32 Å². The van der Waals surface area contributed by atoms with E-state index in [2.05, 4.69) is 39.4 Å². The van der Waals surface area contributed by atoms with Crippen LogP contribution in [-0.4, -0.2) is 63.7 Å². The van der Waals surface area contributed by atoms with Gasteiger partial charge in [-0.1, -0.05) is 42.0 Å². The Labute approximate surface area is 204 Å². The van der Waals surface area contributed by atoms with Gasteiger partial charge in [0.25, 0.3) is 10.1 Å². The highest BCUT2D eigenvalue weighted by molar-refractivity contribution is 7.86. The van der Waals surface area contributed by atoms with Gasteiger partial charge in [0.05, 0.1) is 4.90 Å². The van der Waals surface area contributed by atoms with Gasteiger partial charge in [0.2, 0.25) is 0 Å². The Morgan fingerprint density at radius 3 is 2.38 bits per heavy atom. The zero-order valence-corrected chi connectivity index (χ0v) is 21.0. The highest BCUT2D eigenvalue weighted by Gasteiger charge is 2.35. The molecule has 7 heteroatoms. The summed E-state index contributed by atoms with van der Waals surface area (Å²) in [7, 11) is -3.79. The van der Waals surface area contributed by atoms with Gasteiger partial charge in [0, 0.05) is 32.7 Å². The zero-order valence-electron chi connectivity index (χ0n) is 20.2. The Kier molecular flexibility index (Phi) is 7.37. The van der Waals surface area contributed by atoms with Crippen LogP contribution in [0.25, 0.3) is 0 Å². The van der Waals surface area contributed by atoms with Crippen LogP contribution in [-0.2, 0) is 20.8 Å². The fourth-order valence-electron chi connectivity index (χ4n) is 5.51. The molecular weight excluding hydrogens is 446 g/mol. The van der Waals surface area contributed by atoms with Crippen molar-refractivity contribution < 1.29 is 12.6 Å². The molecule has 2 heterocycles. The van der Waals surface area contributed by atoms with Crippen LogP contribution in [0.2, 0.25) is 0 Å². The minimum atomic E-state index is -3.79. The molecule has 5 rings (SSSR count). The lowest BCUT2D eigenvalue weighted by atomic mass is 9.71. The average Bonchev–Trinajstić information content (AvgIpc) is 3.31. The van der Waals surface area contributed by atoms with Crippen LogP contribution in [0.5, 0.6) is 0 Å². The molecule has 34 heavy (non-hydrogen) atoms. The number of benzene rings is 2. The molecule has 1 aliphatic carbocycles. The summed E-state index contributed by atoms with van der Waals surface area (Å²) in [6.45, 7) is 8.56. The summed E-state index contributed by atoms with van der Waals surface area (Å²) in [6.07, 6.45) is 4.53. The van der Waals surface area contributed by atoms with Crippen LogP contribution in [0.1, 0.15) is 48.3 Å². The molecule has 0 bridgehead atoms. The van der Waals surface area contributed by atoms with E-state index in [0.29, 0.717) is 18.4 Å². The maximum Gasteiger partial charge on any atom is 0.298 e. The summed E-state index contributed by atoms with van der Waals surface area (Å²) in [5, 5.41) is 3.29. The second-order valence-corrected chi connectivity index (χ2v) is 11.8. The van der Waals surface area contributed by atoms with Gasteiger partial charge in [-0.05, 0) is 80.8 Å². The van der Waals surface area contributed by atoms with Gasteiger partial charge in [-0.3, -0.25) is 9.80 Å². The van der Waals surface area contributed by atoms with E-state index in [1.54, 1.807) is 24.3 Å². The maximum atomic E-state index is 12.8. The Hall–Kier alpha value is -1.77. The lowest BCUT2D eigenvalue weighted by Crippen LogP contribution is -2.55. The number of piperazine rings is 1. The summed E-state index contributed by atoms with van der Waals surface area (Å²) in [5.74, 6) is 1.20. The molecule has 184 valence electrons. The van der Waals surface area contributed by atoms with E-state index in [4.69, 9.17) is 4.18 Å². The molecule has 1 N–H and O–H groups in total. The first-order chi connectivity index (χ1) is 16.5. The summed E-state index contributed by atoms with van der Waals surface area (Å²) in [4.78, 5) is 4.97. The summed E-state index contributed by atoms with van der Waals surface area (Å²) >= 11 is 0. The van der Waals surface area contributed by atoms with Crippen LogP contribution < -0.4 is 5.32 Å². The smallest absolute Gasteiger partial charge is 0.298 e. The molecule has 2 aromatic carbocycles. The number of nitrogens with one attached hydrogen (secondary N) is 1. The Morgan fingerprint density at radius 2 is 1.68 bits per heavy atom. The van der Waals surface area contributed by atoms with E-state index in [1.807, 2.05) is 6.92 Å². The Morgan fingerprint density at radius 1 is 0.971 bits per heavy atom. The van der Waals surface area contributed by atoms with Crippen molar-refractivity contribution in [1.82, 2.24) is 15.1 Å². The maximum absolute atomic E-state index is 12.8. The third-order valence-electron chi connectivity index (χ3n) is 7.63. The van der Waals surface area contributed by atoms with Gasteiger partial charge in [-0.2, -0.15) is 8.42 Å². The molecule has 2 aliphatic heterocycles. The molecule has 1 unspecified atom stereocenters. The molecule has 0 amide bonds. The van der Waals surface area contributed by atoms with Gasteiger partial charge in [0.15, 0.2) is 0 Å². The van der Waals surface area contributed by atoms with Crippen LogP contribution in [0, 0.1) is 12.8 Å². The van der Waals surface area contributed by atoms with Gasteiger partial charge in [0.1, 0.15) is 6.23 Å². The van der Waals surface area contributed by atoms with Crippen molar-refractivity contribution in [3.05, 3.63) is 65.2 Å². The van der Waals surface area contributed by atoms with E-state index >= 15 is 0 Å². The monoisotopic (exact) mass is 483 g/mol. The predicted octanol–water partition coefficient (Wildman–Crippen LogP) is 3.72. The molecule has 1 atom stereocenters. The number of rotatable bonds is 8. The Bertz CT molecular complexity index is 1040. The summed E-state index contributed by atoms with van der Waals surface area (Å²) in [5.41, 5.74) is 3.88. The standard InChI is InChI=1S/C27H37N3O3S/c1-21-4-10-26(11-5-21)34(31,32)33-27-18-28-12-15-30(27)20-23-16-25(17-23)24-8-6-22(7-9-24)19-29-13-2-3-14-29/h4-11,23,25,27-28H,2-3,12-20H2,1H3. The number of likely N-dealkylation sites (tertiary alicyclic amines) is 1. The number of hydrogen-bond donors (Lipinski definition) is 1. The molecular formula is C27H37N3O3S. The van der Waals surface area contributed by atoms with E-state index in [-0.39, 0.29) is 4.90 Å². The minimum absolute atomic E-state index is 0.223. The van der Waals surface area contributed by atoms with Crippen molar-refractivity contribution in [3.63, 3.8) is 0 Å². The average molecular weight is 484 g/mol. The van der Waals surface area contributed by atoms with E-state index in [9.17, 15) is 8.42 Å². The second kappa shape index (κ2) is 10.5. The molecule has 6 nitrogen and oxygen atoms in total. The molecule has 3 fully saturated rings. The van der Waals surface area contributed by atoms with Crippen molar-refractivity contribution in [2.45, 2.75) is 56.2 Å². The predicted molar refractivity (Wildman–Crippen MR) is 134 cm³/mol. The van der Waals surface area contributed by atoms with Crippen LogP contribution in [0.3, 0.4) is 0 Å². The molecule has 2 saturated heterocycles. The van der Waals surface area contributed by atoms with E-state index in [0.717, 1.165) is 44.6 Å². The Balaban J connectivity index is 1.13. The fraction of sp³-hybridized carbons (Fsp3) is 0.556. The number of hydrogen-bond acceptors (Lipinski definition) is 6. The van der Waals surface area contributed by atoms with Gasteiger partial charge in [-0.25, -0.2) is 4.18 Å². The quantitative estimate of drug-likeness (QED) is 0.578. The molecule has 1 saturated carbocycles. The molecule has 0 radical (unpaired) electrons. The minimum Gasteiger partial charge on any atom is -0.312 e. The van der Waals surface area contributed by atoms with Crippen LogP contribution in [0.15, 0.2) is 53.4 Å². The van der Waals surface area contributed by atoms with Crippen LogP contribution in [0.4, 0.5) is 0 Å². The first-order valence-electron chi connectivity index (χ1n) is 12.7. The number of nitrogens with zero attached hydrogens (tertiary/aromatic N) is 2.